The molecule has 1 aliphatic rings. The zero-order valence-corrected chi connectivity index (χ0v) is 11.1. The van der Waals surface area contributed by atoms with Gasteiger partial charge in [-0.3, -0.25) is 0 Å². The van der Waals surface area contributed by atoms with Crippen LogP contribution in [-0.4, -0.2) is 11.0 Å². The number of pyridine rings is 1. The Kier molecular flexibility index (Phi) is 3.27. The zero-order chi connectivity index (χ0) is 12.5. The third-order valence-corrected chi connectivity index (χ3v) is 3.71. The highest BCUT2D eigenvalue weighted by molar-refractivity contribution is 5.51. The molecule has 0 amide bonds. The summed E-state index contributed by atoms with van der Waals surface area (Å²) in [5, 5.41) is 3.54. The van der Waals surface area contributed by atoms with Crippen LogP contribution >= 0.6 is 0 Å². The Morgan fingerprint density at radius 1 is 1.47 bits per heavy atom. The summed E-state index contributed by atoms with van der Waals surface area (Å²) >= 11 is 0. The molecule has 0 aromatic carbocycles. The van der Waals surface area contributed by atoms with Gasteiger partial charge >= 0.3 is 0 Å². The molecule has 1 unspecified atom stereocenters. The molecule has 0 aliphatic heterocycles. The Morgan fingerprint density at radius 3 is 2.88 bits per heavy atom. The Labute approximate surface area is 104 Å². The van der Waals surface area contributed by atoms with Gasteiger partial charge < -0.3 is 11.1 Å². The van der Waals surface area contributed by atoms with Crippen molar-refractivity contribution >= 4 is 11.5 Å². The largest absolute Gasteiger partial charge is 0.397 e. The first kappa shape index (κ1) is 12.2. The smallest absolute Gasteiger partial charge is 0.126 e. The molecule has 1 atom stereocenters. The number of anilines is 2. The molecule has 3 heteroatoms. The second kappa shape index (κ2) is 4.55. The van der Waals surface area contributed by atoms with Crippen molar-refractivity contribution in [2.45, 2.75) is 52.5 Å². The van der Waals surface area contributed by atoms with E-state index in [1.54, 1.807) is 6.20 Å². The third kappa shape index (κ3) is 3.11. The molecule has 1 heterocycles. The Hall–Kier alpha value is -1.25. The first-order valence-corrected chi connectivity index (χ1v) is 6.45. The number of hydrogen-bond donors (Lipinski definition) is 2. The van der Waals surface area contributed by atoms with Crippen LogP contribution in [-0.2, 0) is 0 Å². The summed E-state index contributed by atoms with van der Waals surface area (Å²) in [7, 11) is 0. The van der Waals surface area contributed by atoms with E-state index in [2.05, 4.69) is 24.1 Å². The molecule has 0 bridgehead atoms. The van der Waals surface area contributed by atoms with Crippen molar-refractivity contribution in [2.75, 3.05) is 11.1 Å². The summed E-state index contributed by atoms with van der Waals surface area (Å²) in [5.41, 5.74) is 8.09. The fourth-order valence-electron chi connectivity index (χ4n) is 2.68. The fourth-order valence-corrected chi connectivity index (χ4v) is 2.68. The van der Waals surface area contributed by atoms with Crippen LogP contribution in [0.25, 0.3) is 0 Å². The van der Waals surface area contributed by atoms with Gasteiger partial charge in [-0.15, -0.1) is 0 Å². The predicted molar refractivity (Wildman–Crippen MR) is 73.0 cm³/mol. The van der Waals surface area contributed by atoms with E-state index in [1.165, 1.54) is 25.7 Å². The monoisotopic (exact) mass is 233 g/mol. The topological polar surface area (TPSA) is 50.9 Å². The van der Waals surface area contributed by atoms with Crippen molar-refractivity contribution in [3.63, 3.8) is 0 Å². The highest BCUT2D eigenvalue weighted by atomic mass is 15.0. The van der Waals surface area contributed by atoms with Gasteiger partial charge in [0.05, 0.1) is 11.9 Å². The molecule has 0 radical (unpaired) electrons. The second-order valence-electron chi connectivity index (χ2n) is 6.03. The maximum Gasteiger partial charge on any atom is 0.126 e. The Morgan fingerprint density at radius 2 is 2.24 bits per heavy atom. The van der Waals surface area contributed by atoms with Crippen LogP contribution in [0, 0.1) is 12.3 Å². The van der Waals surface area contributed by atoms with Gasteiger partial charge in [-0.1, -0.05) is 20.3 Å². The molecule has 3 N–H and O–H groups in total. The highest BCUT2D eigenvalue weighted by Crippen LogP contribution is 2.36. The number of nitrogens with one attached hydrogen (secondary N) is 1. The molecular formula is C14H23N3. The molecule has 94 valence electrons. The lowest BCUT2D eigenvalue weighted by atomic mass is 9.75. The van der Waals surface area contributed by atoms with E-state index in [-0.39, 0.29) is 0 Å². The minimum atomic E-state index is 0.457. The molecule has 0 saturated heterocycles. The predicted octanol–water partition coefficient (Wildman–Crippen LogP) is 3.35. The number of nitrogen functional groups attached to an aromatic ring is 1. The molecule has 2 rings (SSSR count). The van der Waals surface area contributed by atoms with Gasteiger partial charge in [0, 0.05) is 6.04 Å². The lowest BCUT2D eigenvalue weighted by Crippen LogP contribution is -2.32. The van der Waals surface area contributed by atoms with E-state index in [1.807, 2.05) is 13.0 Å². The van der Waals surface area contributed by atoms with E-state index < -0.39 is 0 Å². The summed E-state index contributed by atoms with van der Waals surface area (Å²) in [6.45, 7) is 6.72. The van der Waals surface area contributed by atoms with Gasteiger partial charge in [-0.05, 0) is 43.2 Å². The Bertz CT molecular complexity index is 398. The molecule has 1 fully saturated rings. The summed E-state index contributed by atoms with van der Waals surface area (Å²) in [5.74, 6) is 0.958. The standard InChI is InChI=1S/C14H23N3/c1-10-7-13(16-9-12(10)15)17-11-5-4-6-14(2,3)8-11/h7,9,11H,4-6,8,15H2,1-3H3,(H,16,17). The number of hydrogen-bond acceptors (Lipinski definition) is 3. The zero-order valence-electron chi connectivity index (χ0n) is 11.1. The van der Waals surface area contributed by atoms with Gasteiger partial charge in [0.1, 0.15) is 5.82 Å². The molecule has 1 saturated carbocycles. The first-order valence-electron chi connectivity index (χ1n) is 6.45. The average Bonchev–Trinajstić information content (AvgIpc) is 2.22. The van der Waals surface area contributed by atoms with Gasteiger partial charge in [0.25, 0.3) is 0 Å². The van der Waals surface area contributed by atoms with Crippen molar-refractivity contribution in [3.8, 4) is 0 Å². The van der Waals surface area contributed by atoms with E-state index in [9.17, 15) is 0 Å². The van der Waals surface area contributed by atoms with Gasteiger partial charge in [0.15, 0.2) is 0 Å². The van der Waals surface area contributed by atoms with Gasteiger partial charge in [-0.2, -0.15) is 0 Å². The van der Waals surface area contributed by atoms with E-state index >= 15 is 0 Å². The van der Waals surface area contributed by atoms with E-state index in [0.29, 0.717) is 11.5 Å². The van der Waals surface area contributed by atoms with Crippen LogP contribution in [0.15, 0.2) is 12.3 Å². The van der Waals surface area contributed by atoms with Crippen molar-refractivity contribution in [3.05, 3.63) is 17.8 Å². The quantitative estimate of drug-likeness (QED) is 0.823. The van der Waals surface area contributed by atoms with Crippen LogP contribution < -0.4 is 11.1 Å². The molecule has 1 aliphatic carbocycles. The van der Waals surface area contributed by atoms with E-state index in [0.717, 1.165) is 17.1 Å². The van der Waals surface area contributed by atoms with Crippen molar-refractivity contribution in [1.82, 2.24) is 4.98 Å². The highest BCUT2D eigenvalue weighted by Gasteiger charge is 2.27. The summed E-state index contributed by atoms with van der Waals surface area (Å²) in [6, 6.07) is 2.59. The second-order valence-corrected chi connectivity index (χ2v) is 6.03. The van der Waals surface area contributed by atoms with Crippen molar-refractivity contribution in [1.29, 1.82) is 0 Å². The lowest BCUT2D eigenvalue weighted by molar-refractivity contribution is 0.229. The van der Waals surface area contributed by atoms with Gasteiger partial charge in [-0.25, -0.2) is 4.98 Å². The molecular weight excluding hydrogens is 210 g/mol. The number of nitrogens with zero attached hydrogens (tertiary/aromatic N) is 1. The normalized spacial score (nSPS) is 23.4. The van der Waals surface area contributed by atoms with E-state index in [4.69, 9.17) is 5.73 Å². The lowest BCUT2D eigenvalue weighted by Gasteiger charge is -2.35. The van der Waals surface area contributed by atoms with Crippen LogP contribution in [0.5, 0.6) is 0 Å². The SMILES string of the molecule is Cc1cc(NC2CCCC(C)(C)C2)ncc1N. The summed E-state index contributed by atoms with van der Waals surface area (Å²) < 4.78 is 0. The minimum Gasteiger partial charge on any atom is -0.397 e. The Balaban J connectivity index is 2.03. The number of rotatable bonds is 2. The number of aromatic nitrogens is 1. The molecule has 3 nitrogen and oxygen atoms in total. The van der Waals surface area contributed by atoms with Crippen LogP contribution in [0.2, 0.25) is 0 Å². The van der Waals surface area contributed by atoms with Crippen LogP contribution in [0.1, 0.15) is 45.1 Å². The van der Waals surface area contributed by atoms with Crippen molar-refractivity contribution < 1.29 is 0 Å². The molecule has 17 heavy (non-hydrogen) atoms. The van der Waals surface area contributed by atoms with Crippen LogP contribution in [0.3, 0.4) is 0 Å². The number of nitrogens with two attached hydrogens (primary N) is 1. The van der Waals surface area contributed by atoms with Crippen molar-refractivity contribution in [2.24, 2.45) is 5.41 Å². The minimum absolute atomic E-state index is 0.457. The average molecular weight is 233 g/mol. The summed E-state index contributed by atoms with van der Waals surface area (Å²) in [6.07, 6.45) is 6.84. The van der Waals surface area contributed by atoms with Crippen LogP contribution in [0.4, 0.5) is 11.5 Å². The molecule has 1 aromatic rings. The number of aryl methyl sites for hydroxylation is 1. The molecule has 0 spiro atoms. The summed E-state index contributed by atoms with van der Waals surface area (Å²) in [4.78, 5) is 4.34. The fraction of sp³-hybridized carbons (Fsp3) is 0.643. The third-order valence-electron chi connectivity index (χ3n) is 3.71. The van der Waals surface area contributed by atoms with Gasteiger partial charge in [0.2, 0.25) is 0 Å². The molecule has 1 aromatic heterocycles. The maximum atomic E-state index is 5.77. The first-order chi connectivity index (χ1) is 7.96. The maximum absolute atomic E-state index is 5.77.